The molecule has 0 aliphatic heterocycles. The van der Waals surface area contributed by atoms with Crippen LogP contribution in [0.1, 0.15) is 55.1 Å². The van der Waals surface area contributed by atoms with Crippen molar-refractivity contribution in [2.75, 3.05) is 12.3 Å². The third kappa shape index (κ3) is 4.59. The van der Waals surface area contributed by atoms with Gasteiger partial charge in [-0.05, 0) is 30.7 Å². The number of unbranched alkanes of at least 4 members (excludes halogenated alkanes) is 4. The van der Waals surface area contributed by atoms with Crippen LogP contribution in [0, 0.1) is 0 Å². The smallest absolute Gasteiger partial charge is 0.257 e. The van der Waals surface area contributed by atoms with Crippen LogP contribution in [0.4, 0.5) is 5.82 Å². The summed E-state index contributed by atoms with van der Waals surface area (Å²) in [7, 11) is 0. The number of aromatic nitrogens is 4. The maximum absolute atomic E-state index is 13.1. The summed E-state index contributed by atoms with van der Waals surface area (Å²) in [5.41, 5.74) is 9.63. The summed E-state index contributed by atoms with van der Waals surface area (Å²) in [6.45, 7) is 2.77. The number of fused-ring (bicyclic) bond motifs is 2. The lowest BCUT2D eigenvalue weighted by Crippen LogP contribution is -2.25. The first-order chi connectivity index (χ1) is 15.7. The van der Waals surface area contributed by atoms with Crippen LogP contribution in [0.25, 0.3) is 22.2 Å². The minimum absolute atomic E-state index is 0.200. The van der Waals surface area contributed by atoms with Gasteiger partial charge in [0.25, 0.3) is 5.91 Å². The highest BCUT2D eigenvalue weighted by Gasteiger charge is 2.23. The maximum atomic E-state index is 13.1. The van der Waals surface area contributed by atoms with E-state index in [-0.39, 0.29) is 11.7 Å². The Bertz CT molecular complexity index is 1250. The number of carbonyl (C=O) groups excluding carboxylic acids is 1. The Morgan fingerprint density at radius 3 is 2.56 bits per heavy atom. The van der Waals surface area contributed by atoms with Crippen molar-refractivity contribution in [1.82, 2.24) is 24.9 Å². The Morgan fingerprint density at radius 1 is 1.06 bits per heavy atom. The molecule has 0 bridgehead atoms. The van der Waals surface area contributed by atoms with Crippen LogP contribution in [-0.4, -0.2) is 38.3 Å². The molecule has 3 N–H and O–H groups in total. The van der Waals surface area contributed by atoms with Gasteiger partial charge >= 0.3 is 0 Å². The second-order valence-electron chi connectivity index (χ2n) is 7.63. The summed E-state index contributed by atoms with van der Waals surface area (Å²) in [6.07, 6.45) is 8.86. The number of hydrogen-bond acceptors (Lipinski definition) is 6. The lowest BCUT2D eigenvalue weighted by atomic mass is 10.1. The SMILES string of the molecule is CCCCCCCNC(=O)c1c(N)n(N=Cc2ccccn2)c2nc3ccccc3nc12. The summed E-state index contributed by atoms with van der Waals surface area (Å²) in [4.78, 5) is 26.7. The number of para-hydroxylation sites is 2. The van der Waals surface area contributed by atoms with E-state index in [1.54, 1.807) is 12.4 Å². The summed E-state index contributed by atoms with van der Waals surface area (Å²) in [5.74, 6) is -0.0645. The Hall–Kier alpha value is -3.81. The first kappa shape index (κ1) is 21.4. The minimum atomic E-state index is -0.264. The van der Waals surface area contributed by atoms with Gasteiger partial charge in [-0.15, -0.1) is 0 Å². The number of nitrogens with zero attached hydrogens (tertiary/aromatic N) is 5. The molecule has 1 aromatic carbocycles. The van der Waals surface area contributed by atoms with Crippen molar-refractivity contribution in [3.63, 3.8) is 0 Å². The number of hydrogen-bond donors (Lipinski definition) is 2. The van der Waals surface area contributed by atoms with Crippen molar-refractivity contribution in [3.8, 4) is 0 Å². The Kier molecular flexibility index (Phi) is 6.69. The van der Waals surface area contributed by atoms with Crippen molar-refractivity contribution in [3.05, 3.63) is 59.9 Å². The van der Waals surface area contributed by atoms with Crippen molar-refractivity contribution in [2.24, 2.45) is 5.10 Å². The summed E-state index contributed by atoms with van der Waals surface area (Å²) < 4.78 is 1.46. The van der Waals surface area contributed by atoms with E-state index < -0.39 is 0 Å². The molecule has 0 saturated carbocycles. The van der Waals surface area contributed by atoms with Crippen LogP contribution in [0.15, 0.2) is 53.8 Å². The Morgan fingerprint density at radius 2 is 1.81 bits per heavy atom. The predicted octanol–water partition coefficient (Wildman–Crippen LogP) is 4.14. The second-order valence-corrected chi connectivity index (χ2v) is 7.63. The number of carbonyl (C=O) groups is 1. The molecule has 0 saturated heterocycles. The predicted molar refractivity (Wildman–Crippen MR) is 128 cm³/mol. The highest BCUT2D eigenvalue weighted by molar-refractivity contribution is 6.10. The molecule has 0 aliphatic carbocycles. The van der Waals surface area contributed by atoms with E-state index in [9.17, 15) is 4.79 Å². The van der Waals surface area contributed by atoms with Gasteiger partial charge in [-0.25, -0.2) is 9.97 Å². The molecule has 8 nitrogen and oxygen atoms in total. The van der Waals surface area contributed by atoms with Crippen LogP contribution in [-0.2, 0) is 0 Å². The molecule has 0 atom stereocenters. The van der Waals surface area contributed by atoms with E-state index in [1.165, 1.54) is 23.9 Å². The molecule has 0 radical (unpaired) electrons. The van der Waals surface area contributed by atoms with Crippen molar-refractivity contribution in [2.45, 2.75) is 39.0 Å². The minimum Gasteiger partial charge on any atom is -0.383 e. The second kappa shape index (κ2) is 10.00. The van der Waals surface area contributed by atoms with Gasteiger partial charge in [0, 0.05) is 12.7 Å². The van der Waals surface area contributed by atoms with Gasteiger partial charge in [0.2, 0.25) is 0 Å². The number of nitrogen functional groups attached to an aromatic ring is 1. The standard InChI is InChI=1S/C24H27N7O/c1-2-3-4-5-9-15-27-24(32)20-21-23(30-19-13-7-6-12-18(19)29-21)31(22(20)25)28-16-17-11-8-10-14-26-17/h6-8,10-14,16H,2-5,9,15,25H2,1H3,(H,27,32). The largest absolute Gasteiger partial charge is 0.383 e. The van der Waals surface area contributed by atoms with Gasteiger partial charge in [-0.3, -0.25) is 9.78 Å². The van der Waals surface area contributed by atoms with Gasteiger partial charge in [0.15, 0.2) is 5.65 Å². The van der Waals surface area contributed by atoms with Gasteiger partial charge in [0.05, 0.1) is 22.9 Å². The fourth-order valence-corrected chi connectivity index (χ4v) is 3.58. The third-order valence-electron chi connectivity index (χ3n) is 5.26. The molecule has 4 aromatic rings. The van der Waals surface area contributed by atoms with E-state index in [2.05, 4.69) is 22.3 Å². The summed E-state index contributed by atoms with van der Waals surface area (Å²) >= 11 is 0. The Labute approximate surface area is 186 Å². The average Bonchev–Trinajstić information content (AvgIpc) is 3.09. The van der Waals surface area contributed by atoms with Gasteiger partial charge in [-0.1, -0.05) is 50.8 Å². The summed E-state index contributed by atoms with van der Waals surface area (Å²) in [5, 5.41) is 7.45. The lowest BCUT2D eigenvalue weighted by molar-refractivity contribution is 0.0955. The van der Waals surface area contributed by atoms with E-state index >= 15 is 0 Å². The zero-order valence-corrected chi connectivity index (χ0v) is 18.2. The summed E-state index contributed by atoms with van der Waals surface area (Å²) in [6, 6.07) is 13.0. The third-order valence-corrected chi connectivity index (χ3v) is 5.26. The van der Waals surface area contributed by atoms with E-state index in [0.29, 0.717) is 40.0 Å². The molecule has 1 amide bonds. The topological polar surface area (TPSA) is 111 Å². The van der Waals surface area contributed by atoms with E-state index in [4.69, 9.17) is 15.7 Å². The number of benzene rings is 1. The fourth-order valence-electron chi connectivity index (χ4n) is 3.58. The maximum Gasteiger partial charge on any atom is 0.257 e. The molecular formula is C24H27N7O. The Balaban J connectivity index is 1.69. The number of nitrogens with one attached hydrogen (secondary N) is 1. The fraction of sp³-hybridized carbons (Fsp3) is 0.292. The van der Waals surface area contributed by atoms with Gasteiger partial charge < -0.3 is 11.1 Å². The number of pyridine rings is 1. The van der Waals surface area contributed by atoms with Crippen LogP contribution in [0.3, 0.4) is 0 Å². The molecule has 3 heterocycles. The van der Waals surface area contributed by atoms with Crippen molar-refractivity contribution in [1.29, 1.82) is 0 Å². The number of amides is 1. The van der Waals surface area contributed by atoms with Crippen molar-refractivity contribution >= 4 is 40.1 Å². The van der Waals surface area contributed by atoms with Crippen LogP contribution >= 0.6 is 0 Å². The molecular weight excluding hydrogens is 402 g/mol. The monoisotopic (exact) mass is 429 g/mol. The van der Waals surface area contributed by atoms with Gasteiger partial charge in [0.1, 0.15) is 16.9 Å². The zero-order valence-electron chi connectivity index (χ0n) is 18.2. The highest BCUT2D eigenvalue weighted by Crippen LogP contribution is 2.27. The molecule has 0 aliphatic rings. The first-order valence-corrected chi connectivity index (χ1v) is 11.0. The molecule has 0 unspecified atom stereocenters. The van der Waals surface area contributed by atoms with E-state index in [1.807, 2.05) is 42.5 Å². The number of nitrogens with two attached hydrogens (primary N) is 1. The number of anilines is 1. The number of rotatable bonds is 9. The van der Waals surface area contributed by atoms with Crippen molar-refractivity contribution < 1.29 is 4.79 Å². The van der Waals surface area contributed by atoms with Gasteiger partial charge in [-0.2, -0.15) is 9.78 Å². The molecule has 164 valence electrons. The quantitative estimate of drug-likeness (QED) is 0.307. The molecule has 0 fully saturated rings. The van der Waals surface area contributed by atoms with Crippen LogP contribution in [0.2, 0.25) is 0 Å². The first-order valence-electron chi connectivity index (χ1n) is 11.0. The lowest BCUT2D eigenvalue weighted by Gasteiger charge is -2.05. The molecule has 3 aromatic heterocycles. The zero-order chi connectivity index (χ0) is 22.3. The van der Waals surface area contributed by atoms with Crippen LogP contribution < -0.4 is 11.1 Å². The molecule has 4 rings (SSSR count). The molecule has 32 heavy (non-hydrogen) atoms. The van der Waals surface area contributed by atoms with Crippen LogP contribution in [0.5, 0.6) is 0 Å². The van der Waals surface area contributed by atoms with E-state index in [0.717, 1.165) is 12.8 Å². The average molecular weight is 430 g/mol. The molecule has 0 spiro atoms. The normalized spacial score (nSPS) is 11.5. The highest BCUT2D eigenvalue weighted by atomic mass is 16.1. The molecule has 8 heteroatoms.